The van der Waals surface area contributed by atoms with Crippen LogP contribution < -0.4 is 5.32 Å². The number of benzene rings is 1. The number of rotatable bonds is 3. The molecule has 0 fully saturated rings. The highest BCUT2D eigenvalue weighted by molar-refractivity contribution is 5.97. The van der Waals surface area contributed by atoms with E-state index in [1.807, 2.05) is 30.5 Å². The van der Waals surface area contributed by atoms with E-state index in [2.05, 4.69) is 20.3 Å². The molecule has 90 valence electrons. The van der Waals surface area contributed by atoms with Gasteiger partial charge in [0.15, 0.2) is 0 Å². The third kappa shape index (κ3) is 1.98. The van der Waals surface area contributed by atoms with E-state index in [1.165, 1.54) is 0 Å². The minimum atomic E-state index is -0.0962. The lowest BCUT2D eigenvalue weighted by molar-refractivity contribution is 0.0950. The van der Waals surface area contributed by atoms with Gasteiger partial charge in [-0.05, 0) is 23.6 Å². The molecule has 0 saturated heterocycles. The summed E-state index contributed by atoms with van der Waals surface area (Å²) < 4.78 is 0. The van der Waals surface area contributed by atoms with Crippen molar-refractivity contribution in [3.63, 3.8) is 0 Å². The molecule has 0 aliphatic heterocycles. The molecule has 1 amide bonds. The van der Waals surface area contributed by atoms with Crippen molar-refractivity contribution in [1.29, 1.82) is 0 Å². The predicted octanol–water partition coefficient (Wildman–Crippen LogP) is 1.82. The number of carbonyl (C=O) groups is 1. The highest BCUT2D eigenvalue weighted by atomic mass is 16.1. The van der Waals surface area contributed by atoms with Crippen molar-refractivity contribution in [2.75, 3.05) is 0 Å². The van der Waals surface area contributed by atoms with E-state index in [-0.39, 0.29) is 5.91 Å². The van der Waals surface area contributed by atoms with Crippen molar-refractivity contribution in [2.24, 2.45) is 0 Å². The van der Waals surface area contributed by atoms with Crippen molar-refractivity contribution in [1.82, 2.24) is 20.3 Å². The van der Waals surface area contributed by atoms with E-state index >= 15 is 0 Å². The molecule has 0 atom stereocenters. The molecule has 0 unspecified atom stereocenters. The fourth-order valence-corrected chi connectivity index (χ4v) is 1.85. The number of nitrogens with one attached hydrogen (secondary N) is 3. The zero-order chi connectivity index (χ0) is 12.4. The largest absolute Gasteiger partial charge is 0.361 e. The summed E-state index contributed by atoms with van der Waals surface area (Å²) in [6.07, 6.45) is 5.14. The molecule has 3 rings (SSSR count). The second kappa shape index (κ2) is 4.37. The molecule has 0 aliphatic carbocycles. The molecule has 2 aromatic heterocycles. The van der Waals surface area contributed by atoms with Crippen molar-refractivity contribution in [3.8, 4) is 0 Å². The summed E-state index contributed by atoms with van der Waals surface area (Å²) in [5, 5.41) is 3.93. The Balaban J connectivity index is 1.75. The van der Waals surface area contributed by atoms with E-state index in [4.69, 9.17) is 0 Å². The molecule has 0 bridgehead atoms. The second-order valence-electron chi connectivity index (χ2n) is 4.04. The first kappa shape index (κ1) is 10.6. The van der Waals surface area contributed by atoms with E-state index in [9.17, 15) is 4.79 Å². The number of nitrogens with zero attached hydrogens (tertiary/aromatic N) is 1. The van der Waals surface area contributed by atoms with E-state index < -0.39 is 0 Å². The normalized spacial score (nSPS) is 10.7. The number of aromatic amines is 2. The number of amides is 1. The molecular weight excluding hydrogens is 228 g/mol. The number of H-pyrrole nitrogens is 2. The number of fused-ring (bicyclic) bond motifs is 1. The zero-order valence-corrected chi connectivity index (χ0v) is 9.60. The summed E-state index contributed by atoms with van der Waals surface area (Å²) in [7, 11) is 0. The number of imidazole rings is 1. The Morgan fingerprint density at radius 1 is 1.28 bits per heavy atom. The highest BCUT2D eigenvalue weighted by Crippen LogP contribution is 2.14. The fourth-order valence-electron chi connectivity index (χ4n) is 1.85. The van der Waals surface area contributed by atoms with Crippen LogP contribution in [0.25, 0.3) is 10.9 Å². The topological polar surface area (TPSA) is 73.6 Å². The zero-order valence-electron chi connectivity index (χ0n) is 9.60. The molecule has 18 heavy (non-hydrogen) atoms. The number of carbonyl (C=O) groups excluding carboxylic acids is 1. The van der Waals surface area contributed by atoms with Gasteiger partial charge in [0, 0.05) is 23.5 Å². The average Bonchev–Trinajstić information content (AvgIpc) is 3.05. The highest BCUT2D eigenvalue weighted by Gasteiger charge is 2.06. The first-order valence-corrected chi connectivity index (χ1v) is 5.65. The molecule has 0 radical (unpaired) electrons. The van der Waals surface area contributed by atoms with Gasteiger partial charge in [-0.25, -0.2) is 4.98 Å². The summed E-state index contributed by atoms with van der Waals surface area (Å²) in [6.45, 7) is 0.446. The Morgan fingerprint density at radius 2 is 2.22 bits per heavy atom. The molecule has 3 aromatic rings. The fraction of sp³-hybridized carbons (Fsp3) is 0.0769. The van der Waals surface area contributed by atoms with Gasteiger partial charge in [-0.2, -0.15) is 0 Å². The summed E-state index contributed by atoms with van der Waals surface area (Å²) in [5.41, 5.74) is 2.48. The van der Waals surface area contributed by atoms with Gasteiger partial charge in [-0.1, -0.05) is 6.07 Å². The average molecular weight is 240 g/mol. The van der Waals surface area contributed by atoms with Gasteiger partial charge >= 0.3 is 0 Å². The molecule has 3 N–H and O–H groups in total. The monoisotopic (exact) mass is 240 g/mol. The summed E-state index contributed by atoms with van der Waals surface area (Å²) in [6, 6.07) is 7.56. The van der Waals surface area contributed by atoms with E-state index in [1.54, 1.807) is 12.5 Å². The maximum atomic E-state index is 11.9. The Kier molecular flexibility index (Phi) is 2.57. The number of hydrogen-bond donors (Lipinski definition) is 3. The lowest BCUT2D eigenvalue weighted by Gasteiger charge is -2.03. The van der Waals surface area contributed by atoms with Crippen LogP contribution in [0, 0.1) is 0 Å². The number of hydrogen-bond acceptors (Lipinski definition) is 2. The van der Waals surface area contributed by atoms with Crippen molar-refractivity contribution in [3.05, 3.63) is 54.2 Å². The van der Waals surface area contributed by atoms with E-state index in [0.29, 0.717) is 12.1 Å². The quantitative estimate of drug-likeness (QED) is 0.653. The SMILES string of the molecule is O=C(NCc1cnc[nH]1)c1ccc2cc[nH]c2c1. The number of aromatic nitrogens is 3. The molecule has 5 heteroatoms. The van der Waals surface area contributed by atoms with Crippen LogP contribution in [0.3, 0.4) is 0 Å². The van der Waals surface area contributed by atoms with Gasteiger partial charge in [-0.15, -0.1) is 0 Å². The first-order chi connectivity index (χ1) is 8.83. The molecule has 1 aromatic carbocycles. The van der Waals surface area contributed by atoms with Gasteiger partial charge in [0.25, 0.3) is 5.91 Å². The van der Waals surface area contributed by atoms with Gasteiger partial charge in [0.05, 0.1) is 18.6 Å². The molecule has 5 nitrogen and oxygen atoms in total. The standard InChI is InChI=1S/C13H12N4O/c18-13(16-7-11-6-14-8-17-11)10-2-1-9-3-4-15-12(9)5-10/h1-6,8,15H,7H2,(H,14,17)(H,16,18). The van der Waals surface area contributed by atoms with Crippen molar-refractivity contribution < 1.29 is 4.79 Å². The minimum Gasteiger partial charge on any atom is -0.361 e. The second-order valence-corrected chi connectivity index (χ2v) is 4.04. The van der Waals surface area contributed by atoms with Gasteiger partial charge in [0.1, 0.15) is 0 Å². The minimum absolute atomic E-state index is 0.0962. The van der Waals surface area contributed by atoms with Crippen LogP contribution in [0.15, 0.2) is 43.0 Å². The van der Waals surface area contributed by atoms with Crippen LogP contribution in [0.4, 0.5) is 0 Å². The third-order valence-corrected chi connectivity index (χ3v) is 2.81. The molecule has 2 heterocycles. The Hall–Kier alpha value is -2.56. The smallest absolute Gasteiger partial charge is 0.251 e. The first-order valence-electron chi connectivity index (χ1n) is 5.65. The van der Waals surface area contributed by atoms with Crippen molar-refractivity contribution >= 4 is 16.8 Å². The predicted molar refractivity (Wildman–Crippen MR) is 68.1 cm³/mol. The van der Waals surface area contributed by atoms with Gasteiger partial charge in [-0.3, -0.25) is 4.79 Å². The third-order valence-electron chi connectivity index (χ3n) is 2.81. The van der Waals surface area contributed by atoms with Crippen LogP contribution in [-0.2, 0) is 6.54 Å². The van der Waals surface area contributed by atoms with Crippen LogP contribution in [0.5, 0.6) is 0 Å². The molecule has 0 saturated carbocycles. The molecule has 0 spiro atoms. The van der Waals surface area contributed by atoms with Crippen LogP contribution >= 0.6 is 0 Å². The summed E-state index contributed by atoms with van der Waals surface area (Å²) in [4.78, 5) is 21.9. The van der Waals surface area contributed by atoms with Crippen LogP contribution in [0.2, 0.25) is 0 Å². The van der Waals surface area contributed by atoms with E-state index in [0.717, 1.165) is 16.6 Å². The van der Waals surface area contributed by atoms with Crippen LogP contribution in [0.1, 0.15) is 16.1 Å². The van der Waals surface area contributed by atoms with Gasteiger partial charge < -0.3 is 15.3 Å². The summed E-state index contributed by atoms with van der Waals surface area (Å²) >= 11 is 0. The maximum Gasteiger partial charge on any atom is 0.251 e. The Morgan fingerprint density at radius 3 is 3.06 bits per heavy atom. The summed E-state index contributed by atoms with van der Waals surface area (Å²) in [5.74, 6) is -0.0962. The lowest BCUT2D eigenvalue weighted by atomic mass is 10.1. The lowest BCUT2D eigenvalue weighted by Crippen LogP contribution is -2.22. The van der Waals surface area contributed by atoms with Crippen LogP contribution in [-0.4, -0.2) is 20.9 Å². The van der Waals surface area contributed by atoms with Gasteiger partial charge in [0.2, 0.25) is 0 Å². The molecular formula is C13H12N4O. The maximum absolute atomic E-state index is 11.9. The Bertz CT molecular complexity index is 669. The van der Waals surface area contributed by atoms with Crippen molar-refractivity contribution in [2.45, 2.75) is 6.54 Å². The molecule has 0 aliphatic rings. The Labute approximate surface area is 103 Å².